The molecule has 0 radical (unpaired) electrons. The largest absolute Gasteiger partial charge is 0.496 e. The number of amides is 1. The second-order valence-corrected chi connectivity index (χ2v) is 7.09. The second-order valence-electron chi connectivity index (χ2n) is 5.57. The summed E-state index contributed by atoms with van der Waals surface area (Å²) in [6.07, 6.45) is 2.88. The Morgan fingerprint density at radius 2 is 2.16 bits per heavy atom. The smallest absolute Gasteiger partial charge is 0.339 e. The molecule has 1 heterocycles. The van der Waals surface area contributed by atoms with Crippen molar-refractivity contribution in [1.29, 1.82) is 0 Å². The molecule has 0 atom stereocenters. The van der Waals surface area contributed by atoms with Crippen LogP contribution in [0.25, 0.3) is 0 Å². The van der Waals surface area contributed by atoms with Gasteiger partial charge in [-0.3, -0.25) is 4.79 Å². The number of hydrogen-bond donors (Lipinski definition) is 1. The number of rotatable bonds is 7. The summed E-state index contributed by atoms with van der Waals surface area (Å²) in [7, 11) is 0. The number of allylic oxidation sites excluding steroid dienone is 1. The average molecular weight is 384 g/mol. The van der Waals surface area contributed by atoms with Crippen molar-refractivity contribution in [3.8, 4) is 0 Å². The molecule has 0 aromatic heterocycles. The van der Waals surface area contributed by atoms with Crippen LogP contribution in [0.5, 0.6) is 0 Å². The van der Waals surface area contributed by atoms with Crippen molar-refractivity contribution in [3.63, 3.8) is 0 Å². The summed E-state index contributed by atoms with van der Waals surface area (Å²) in [4.78, 5) is 25.1. The molecule has 1 aromatic carbocycles. The SMILES string of the molecule is CCCCCOC(=O)c1cc(NC(=O)C2=C(C)OCCS2)ccc1Cl. The first-order valence-corrected chi connectivity index (χ1v) is 9.63. The molecule has 1 aliphatic heterocycles. The van der Waals surface area contributed by atoms with Gasteiger partial charge in [0.25, 0.3) is 5.91 Å². The third kappa shape index (κ3) is 5.68. The highest BCUT2D eigenvalue weighted by Crippen LogP contribution is 2.28. The Labute approximate surface area is 157 Å². The number of hydrogen-bond acceptors (Lipinski definition) is 5. The lowest BCUT2D eigenvalue weighted by Gasteiger charge is -2.18. The van der Waals surface area contributed by atoms with Crippen LogP contribution in [0, 0.1) is 0 Å². The summed E-state index contributed by atoms with van der Waals surface area (Å²) in [5, 5.41) is 3.07. The van der Waals surface area contributed by atoms with Gasteiger partial charge in [0.1, 0.15) is 10.7 Å². The Morgan fingerprint density at radius 3 is 2.88 bits per heavy atom. The molecule has 0 saturated carbocycles. The maximum absolute atomic E-state index is 12.4. The molecule has 0 unspecified atom stereocenters. The number of carbonyl (C=O) groups excluding carboxylic acids is 2. The number of halogens is 1. The molecule has 136 valence electrons. The third-order valence-corrected chi connectivity index (χ3v) is 5.06. The summed E-state index contributed by atoms with van der Waals surface area (Å²) in [5.41, 5.74) is 0.732. The number of benzene rings is 1. The van der Waals surface area contributed by atoms with Gasteiger partial charge in [0, 0.05) is 11.4 Å². The Hall–Kier alpha value is -1.66. The van der Waals surface area contributed by atoms with Crippen LogP contribution >= 0.6 is 23.4 Å². The monoisotopic (exact) mass is 383 g/mol. The first-order valence-electron chi connectivity index (χ1n) is 8.27. The van der Waals surface area contributed by atoms with Crippen molar-refractivity contribution >= 4 is 40.9 Å². The Balaban J connectivity index is 2.05. The lowest BCUT2D eigenvalue weighted by molar-refractivity contribution is -0.112. The van der Waals surface area contributed by atoms with Gasteiger partial charge in [-0.25, -0.2) is 4.79 Å². The summed E-state index contributed by atoms with van der Waals surface area (Å²) in [6.45, 7) is 4.81. The maximum Gasteiger partial charge on any atom is 0.339 e. The van der Waals surface area contributed by atoms with Gasteiger partial charge in [0.05, 0.1) is 23.8 Å². The van der Waals surface area contributed by atoms with Gasteiger partial charge in [-0.1, -0.05) is 31.4 Å². The Bertz CT molecular complexity index is 675. The first-order chi connectivity index (χ1) is 12.0. The van der Waals surface area contributed by atoms with Crippen LogP contribution in [0.4, 0.5) is 5.69 Å². The molecule has 0 spiro atoms. The average Bonchev–Trinajstić information content (AvgIpc) is 2.60. The van der Waals surface area contributed by atoms with Crippen molar-refractivity contribution < 1.29 is 19.1 Å². The van der Waals surface area contributed by atoms with Crippen LogP contribution in [0.15, 0.2) is 28.9 Å². The fourth-order valence-corrected chi connectivity index (χ4v) is 3.28. The second kappa shape index (κ2) is 9.73. The Kier molecular flexibility index (Phi) is 7.65. The van der Waals surface area contributed by atoms with E-state index < -0.39 is 5.97 Å². The van der Waals surface area contributed by atoms with E-state index in [1.165, 1.54) is 17.8 Å². The molecular weight excluding hydrogens is 362 g/mol. The summed E-state index contributed by atoms with van der Waals surface area (Å²) >= 11 is 7.55. The quantitative estimate of drug-likeness (QED) is 0.549. The number of unbranched alkanes of at least 4 members (excludes halogenated alkanes) is 2. The minimum Gasteiger partial charge on any atom is -0.496 e. The van der Waals surface area contributed by atoms with E-state index in [0.29, 0.717) is 34.6 Å². The van der Waals surface area contributed by atoms with Crippen LogP contribution in [0.3, 0.4) is 0 Å². The van der Waals surface area contributed by atoms with Crippen molar-refractivity contribution in [2.45, 2.75) is 33.1 Å². The van der Waals surface area contributed by atoms with Gasteiger partial charge in [-0.15, -0.1) is 11.8 Å². The molecule has 2 rings (SSSR count). The molecule has 0 aliphatic carbocycles. The van der Waals surface area contributed by atoms with Gasteiger partial charge in [0.2, 0.25) is 0 Å². The molecule has 5 nitrogen and oxygen atoms in total. The fourth-order valence-electron chi connectivity index (χ4n) is 2.27. The fraction of sp³-hybridized carbons (Fsp3) is 0.444. The highest BCUT2D eigenvalue weighted by Gasteiger charge is 2.20. The predicted molar refractivity (Wildman–Crippen MR) is 101 cm³/mol. The predicted octanol–water partition coefficient (Wildman–Crippen LogP) is 4.62. The molecule has 0 saturated heterocycles. The number of ether oxygens (including phenoxy) is 2. The minimum atomic E-state index is -0.483. The van der Waals surface area contributed by atoms with Gasteiger partial charge in [-0.2, -0.15) is 0 Å². The van der Waals surface area contributed by atoms with Crippen LogP contribution in [-0.2, 0) is 14.3 Å². The number of carbonyl (C=O) groups is 2. The van der Waals surface area contributed by atoms with Gasteiger partial charge in [0.15, 0.2) is 0 Å². The Morgan fingerprint density at radius 1 is 1.36 bits per heavy atom. The van der Waals surface area contributed by atoms with Gasteiger partial charge in [-0.05, 0) is 31.5 Å². The summed E-state index contributed by atoms with van der Waals surface area (Å²) in [6, 6.07) is 4.76. The lowest BCUT2D eigenvalue weighted by Crippen LogP contribution is -2.18. The van der Waals surface area contributed by atoms with Crippen LogP contribution in [0.2, 0.25) is 5.02 Å². The summed E-state index contributed by atoms with van der Waals surface area (Å²) in [5.74, 6) is 0.601. The molecule has 1 aliphatic rings. The van der Waals surface area contributed by atoms with Crippen LogP contribution in [0.1, 0.15) is 43.5 Å². The molecular formula is C18H22ClNO4S. The molecule has 1 amide bonds. The van der Waals surface area contributed by atoms with Gasteiger partial charge >= 0.3 is 5.97 Å². The van der Waals surface area contributed by atoms with Gasteiger partial charge < -0.3 is 14.8 Å². The maximum atomic E-state index is 12.4. The highest BCUT2D eigenvalue weighted by molar-refractivity contribution is 8.04. The van der Waals surface area contributed by atoms with E-state index in [9.17, 15) is 9.59 Å². The van der Waals surface area contributed by atoms with E-state index in [1.807, 2.05) is 0 Å². The molecule has 25 heavy (non-hydrogen) atoms. The molecule has 0 bridgehead atoms. The lowest BCUT2D eigenvalue weighted by atomic mass is 10.2. The van der Waals surface area contributed by atoms with E-state index >= 15 is 0 Å². The van der Waals surface area contributed by atoms with Crippen LogP contribution < -0.4 is 5.32 Å². The van der Waals surface area contributed by atoms with Crippen LogP contribution in [-0.4, -0.2) is 30.8 Å². The van der Waals surface area contributed by atoms with E-state index in [4.69, 9.17) is 21.1 Å². The van der Waals surface area contributed by atoms with E-state index in [1.54, 1.807) is 19.1 Å². The van der Waals surface area contributed by atoms with Crippen molar-refractivity contribution in [3.05, 3.63) is 39.4 Å². The standard InChI is InChI=1S/C18H22ClNO4S/c1-3-4-5-8-24-18(22)14-11-13(6-7-15(14)19)20-17(21)16-12(2)23-9-10-25-16/h6-7,11H,3-5,8-10H2,1-2H3,(H,20,21). The van der Waals surface area contributed by atoms with Crippen molar-refractivity contribution in [1.82, 2.24) is 0 Å². The zero-order valence-electron chi connectivity index (χ0n) is 14.4. The third-order valence-electron chi connectivity index (χ3n) is 3.60. The molecule has 1 N–H and O–H groups in total. The molecule has 7 heteroatoms. The number of anilines is 1. The number of esters is 1. The van der Waals surface area contributed by atoms with E-state index in [2.05, 4.69) is 12.2 Å². The van der Waals surface area contributed by atoms with E-state index in [0.717, 1.165) is 25.0 Å². The molecule has 0 fully saturated rings. The zero-order chi connectivity index (χ0) is 18.2. The number of nitrogens with one attached hydrogen (secondary N) is 1. The molecule has 1 aromatic rings. The minimum absolute atomic E-state index is 0.245. The zero-order valence-corrected chi connectivity index (χ0v) is 16.0. The summed E-state index contributed by atoms with van der Waals surface area (Å²) < 4.78 is 10.6. The van der Waals surface area contributed by atoms with Crippen molar-refractivity contribution in [2.24, 2.45) is 0 Å². The first kappa shape index (κ1) is 19.7. The number of thioether (sulfide) groups is 1. The normalized spacial score (nSPS) is 14.0. The topological polar surface area (TPSA) is 64.6 Å². The highest BCUT2D eigenvalue weighted by atomic mass is 35.5. The van der Waals surface area contributed by atoms with E-state index in [-0.39, 0.29) is 11.5 Å². The van der Waals surface area contributed by atoms with Crippen molar-refractivity contribution in [2.75, 3.05) is 24.3 Å².